The van der Waals surface area contributed by atoms with Crippen LogP contribution in [0.3, 0.4) is 0 Å². The van der Waals surface area contributed by atoms with E-state index in [4.69, 9.17) is 21.3 Å². The summed E-state index contributed by atoms with van der Waals surface area (Å²) in [5, 5.41) is 4.80. The molecule has 174 valence electrons. The van der Waals surface area contributed by atoms with Gasteiger partial charge in [-0.05, 0) is 63.9 Å². The Bertz CT molecular complexity index is 1430. The minimum absolute atomic E-state index is 0.262. The second kappa shape index (κ2) is 9.57. The SMILES string of the molecule is Cc1sc(NC(=O)c2c(C)c(-c3cccc(Cl)c3)nc3ccccc23)c(C(=O)OC(C)C)c1C. The fourth-order valence-electron chi connectivity index (χ4n) is 3.92. The maximum atomic E-state index is 13.7. The summed E-state index contributed by atoms with van der Waals surface area (Å²) in [7, 11) is 0. The third kappa shape index (κ3) is 4.56. The van der Waals surface area contributed by atoms with Gasteiger partial charge in [-0.15, -0.1) is 11.3 Å². The van der Waals surface area contributed by atoms with Crippen molar-refractivity contribution in [3.05, 3.63) is 80.7 Å². The van der Waals surface area contributed by atoms with Crippen LogP contribution in [0.2, 0.25) is 5.02 Å². The summed E-state index contributed by atoms with van der Waals surface area (Å²) in [6, 6.07) is 14.9. The maximum absolute atomic E-state index is 13.7. The van der Waals surface area contributed by atoms with Crippen molar-refractivity contribution in [2.24, 2.45) is 0 Å². The molecule has 0 fully saturated rings. The van der Waals surface area contributed by atoms with Crippen molar-refractivity contribution in [3.63, 3.8) is 0 Å². The van der Waals surface area contributed by atoms with Crippen LogP contribution in [-0.4, -0.2) is 23.0 Å². The highest BCUT2D eigenvalue weighted by molar-refractivity contribution is 7.16. The van der Waals surface area contributed by atoms with Gasteiger partial charge in [0.2, 0.25) is 0 Å². The molecule has 0 aliphatic carbocycles. The largest absolute Gasteiger partial charge is 0.459 e. The van der Waals surface area contributed by atoms with Gasteiger partial charge in [0.25, 0.3) is 5.91 Å². The number of halogens is 1. The Kier molecular flexibility index (Phi) is 6.73. The summed E-state index contributed by atoms with van der Waals surface area (Å²) in [6.45, 7) is 9.27. The molecule has 5 nitrogen and oxygen atoms in total. The van der Waals surface area contributed by atoms with Crippen LogP contribution in [-0.2, 0) is 4.74 Å². The number of rotatable bonds is 5. The molecule has 2 aromatic carbocycles. The summed E-state index contributed by atoms with van der Waals surface area (Å²) in [6.07, 6.45) is -0.262. The average Bonchev–Trinajstić information content (AvgIpc) is 3.05. The molecule has 0 aliphatic rings. The topological polar surface area (TPSA) is 68.3 Å². The Hall–Kier alpha value is -3.22. The van der Waals surface area contributed by atoms with Gasteiger partial charge in [-0.1, -0.05) is 41.9 Å². The van der Waals surface area contributed by atoms with E-state index >= 15 is 0 Å². The molecule has 0 aliphatic heterocycles. The number of amides is 1. The van der Waals surface area contributed by atoms with Gasteiger partial charge in [0.1, 0.15) is 5.00 Å². The van der Waals surface area contributed by atoms with Crippen LogP contribution in [0.5, 0.6) is 0 Å². The molecular formula is C27H25ClN2O3S. The molecule has 4 rings (SSSR count). The van der Waals surface area contributed by atoms with Gasteiger partial charge in [0.15, 0.2) is 0 Å². The molecule has 4 aromatic rings. The number of hydrogen-bond donors (Lipinski definition) is 1. The van der Waals surface area contributed by atoms with Crippen molar-refractivity contribution in [2.45, 2.75) is 40.7 Å². The van der Waals surface area contributed by atoms with E-state index in [0.717, 1.165) is 27.0 Å². The number of hydrogen-bond acceptors (Lipinski definition) is 5. The van der Waals surface area contributed by atoms with Crippen LogP contribution in [0.4, 0.5) is 5.00 Å². The lowest BCUT2D eigenvalue weighted by atomic mass is 9.97. The number of anilines is 1. The predicted molar refractivity (Wildman–Crippen MR) is 139 cm³/mol. The molecule has 0 saturated carbocycles. The van der Waals surface area contributed by atoms with Crippen molar-refractivity contribution >= 4 is 50.7 Å². The van der Waals surface area contributed by atoms with Gasteiger partial charge in [-0.25, -0.2) is 9.78 Å². The molecule has 1 N–H and O–H groups in total. The van der Waals surface area contributed by atoms with E-state index in [1.807, 2.05) is 63.2 Å². The summed E-state index contributed by atoms with van der Waals surface area (Å²) < 4.78 is 5.43. The van der Waals surface area contributed by atoms with Crippen LogP contribution >= 0.6 is 22.9 Å². The standard InChI is InChI=1S/C27H25ClN2O3S/c1-14(2)33-27(32)23-15(3)17(5)34-26(23)30-25(31)22-16(4)24(18-9-8-10-19(28)13-18)29-21-12-7-6-11-20(21)22/h6-14H,1-5H3,(H,30,31). The maximum Gasteiger partial charge on any atom is 0.341 e. The molecule has 0 radical (unpaired) electrons. The van der Waals surface area contributed by atoms with E-state index < -0.39 is 5.97 Å². The number of thiophene rings is 1. The van der Waals surface area contributed by atoms with E-state index in [1.54, 1.807) is 19.9 Å². The number of nitrogens with one attached hydrogen (secondary N) is 1. The minimum Gasteiger partial charge on any atom is -0.459 e. The quantitative estimate of drug-likeness (QED) is 0.295. The first-order valence-corrected chi connectivity index (χ1v) is 12.1. The molecule has 34 heavy (non-hydrogen) atoms. The van der Waals surface area contributed by atoms with Gasteiger partial charge in [0, 0.05) is 20.8 Å². The van der Waals surface area contributed by atoms with Crippen molar-refractivity contribution < 1.29 is 14.3 Å². The Morgan fingerprint density at radius 2 is 1.74 bits per heavy atom. The minimum atomic E-state index is -0.442. The predicted octanol–water partition coefficient (Wildman–Crippen LogP) is 7.36. The number of aryl methyl sites for hydroxylation is 1. The Balaban J connectivity index is 1.84. The fraction of sp³-hybridized carbons (Fsp3) is 0.222. The number of fused-ring (bicyclic) bond motifs is 1. The summed E-state index contributed by atoms with van der Waals surface area (Å²) in [5.41, 5.74) is 4.66. The first-order chi connectivity index (χ1) is 16.2. The molecule has 0 atom stereocenters. The average molecular weight is 493 g/mol. The summed E-state index contributed by atoms with van der Waals surface area (Å²) in [4.78, 5) is 32.3. The number of esters is 1. The number of para-hydroxylation sites is 1. The lowest BCUT2D eigenvalue weighted by Crippen LogP contribution is -2.18. The van der Waals surface area contributed by atoms with Crippen LogP contribution in [0, 0.1) is 20.8 Å². The summed E-state index contributed by atoms with van der Waals surface area (Å²) >= 11 is 7.59. The van der Waals surface area contributed by atoms with Gasteiger partial charge >= 0.3 is 5.97 Å². The fourth-order valence-corrected chi connectivity index (χ4v) is 5.15. The first kappa shape index (κ1) is 23.9. The van der Waals surface area contributed by atoms with Gasteiger partial charge < -0.3 is 10.1 Å². The zero-order chi connectivity index (χ0) is 24.6. The lowest BCUT2D eigenvalue weighted by Gasteiger charge is -2.15. The Morgan fingerprint density at radius 3 is 2.44 bits per heavy atom. The van der Waals surface area contributed by atoms with E-state index in [9.17, 15) is 9.59 Å². The van der Waals surface area contributed by atoms with Gasteiger partial charge in [-0.3, -0.25) is 4.79 Å². The highest BCUT2D eigenvalue weighted by Crippen LogP contribution is 2.35. The van der Waals surface area contributed by atoms with E-state index in [1.165, 1.54) is 11.3 Å². The highest BCUT2D eigenvalue weighted by Gasteiger charge is 2.25. The number of ether oxygens (including phenoxy) is 1. The first-order valence-electron chi connectivity index (χ1n) is 10.9. The molecular weight excluding hydrogens is 468 g/mol. The molecule has 0 unspecified atom stereocenters. The van der Waals surface area contributed by atoms with Crippen molar-refractivity contribution in [1.29, 1.82) is 0 Å². The van der Waals surface area contributed by atoms with Crippen molar-refractivity contribution in [3.8, 4) is 11.3 Å². The molecule has 2 aromatic heterocycles. The van der Waals surface area contributed by atoms with Gasteiger partial charge in [0.05, 0.1) is 28.4 Å². The summed E-state index contributed by atoms with van der Waals surface area (Å²) in [5.74, 6) is -0.748. The normalized spacial score (nSPS) is 11.1. The lowest BCUT2D eigenvalue weighted by molar-refractivity contribution is 0.0379. The number of pyridine rings is 1. The smallest absolute Gasteiger partial charge is 0.341 e. The van der Waals surface area contributed by atoms with Crippen LogP contribution in [0.15, 0.2) is 48.5 Å². The number of carbonyl (C=O) groups is 2. The molecule has 7 heteroatoms. The zero-order valence-corrected chi connectivity index (χ0v) is 21.2. The number of carbonyl (C=O) groups excluding carboxylic acids is 2. The molecule has 2 heterocycles. The molecule has 0 spiro atoms. The van der Waals surface area contributed by atoms with E-state index in [0.29, 0.717) is 32.4 Å². The highest BCUT2D eigenvalue weighted by atomic mass is 35.5. The Morgan fingerprint density at radius 1 is 1.00 bits per heavy atom. The second-order valence-corrected chi connectivity index (χ2v) is 10.0. The molecule has 0 bridgehead atoms. The Labute approximate surface area is 207 Å². The third-order valence-electron chi connectivity index (χ3n) is 5.62. The number of benzene rings is 2. The number of aromatic nitrogens is 1. The van der Waals surface area contributed by atoms with Crippen LogP contribution < -0.4 is 5.32 Å². The molecule has 1 amide bonds. The van der Waals surface area contributed by atoms with E-state index in [2.05, 4.69) is 5.32 Å². The zero-order valence-electron chi connectivity index (χ0n) is 19.7. The monoisotopic (exact) mass is 492 g/mol. The van der Waals surface area contributed by atoms with Crippen molar-refractivity contribution in [1.82, 2.24) is 4.98 Å². The van der Waals surface area contributed by atoms with Gasteiger partial charge in [-0.2, -0.15) is 0 Å². The van der Waals surface area contributed by atoms with Crippen LogP contribution in [0.25, 0.3) is 22.2 Å². The third-order valence-corrected chi connectivity index (χ3v) is 6.98. The van der Waals surface area contributed by atoms with Crippen molar-refractivity contribution in [2.75, 3.05) is 5.32 Å². The second-order valence-electron chi connectivity index (χ2n) is 8.38. The van der Waals surface area contributed by atoms with E-state index in [-0.39, 0.29) is 12.0 Å². The van der Waals surface area contributed by atoms with Crippen LogP contribution in [0.1, 0.15) is 50.6 Å². The number of nitrogens with zero attached hydrogens (tertiary/aromatic N) is 1. The molecule has 0 saturated heterocycles.